The largest absolute Gasteiger partial charge is 0.312 e. The fraction of sp³-hybridized carbons (Fsp3) is 0.143. The predicted octanol–water partition coefficient (Wildman–Crippen LogP) is -0.180. The Balaban J connectivity index is 2.73. The summed E-state index contributed by atoms with van der Waals surface area (Å²) in [5.74, 6) is 0. The first-order valence-corrected chi connectivity index (χ1v) is 3.74. The fourth-order valence-corrected chi connectivity index (χ4v) is 1.07. The van der Waals surface area contributed by atoms with Gasteiger partial charge in [0.15, 0.2) is 11.0 Å². The highest BCUT2D eigenvalue weighted by molar-refractivity contribution is 5.65. The Kier molecular flexibility index (Phi) is 1.66. The van der Waals surface area contributed by atoms with Crippen molar-refractivity contribution in [2.24, 2.45) is 0 Å². The molecular formula is C7H8N6. The molecule has 0 aliphatic rings. The van der Waals surface area contributed by atoms with Crippen molar-refractivity contribution >= 4 is 11.2 Å². The number of aromatic nitrogens is 5. The zero-order valence-electron chi connectivity index (χ0n) is 6.86. The van der Waals surface area contributed by atoms with Gasteiger partial charge in [-0.3, -0.25) is 5.41 Å². The van der Waals surface area contributed by atoms with E-state index in [1.807, 2.05) is 0 Å². The molecule has 0 atom stereocenters. The zero-order valence-corrected chi connectivity index (χ0v) is 6.86. The normalized spacial score (nSPS) is 10.5. The number of aromatic amines is 1. The molecule has 2 rings (SSSR count). The van der Waals surface area contributed by atoms with Crippen LogP contribution in [0.15, 0.2) is 19.0 Å². The van der Waals surface area contributed by atoms with Gasteiger partial charge in [-0.25, -0.2) is 4.98 Å². The van der Waals surface area contributed by atoms with Crippen LogP contribution in [0.25, 0.3) is 11.2 Å². The summed E-state index contributed by atoms with van der Waals surface area (Å²) in [5, 5.41) is 17.7. The molecule has 0 spiro atoms. The molecule has 6 nitrogen and oxygen atoms in total. The number of hydrogen-bond donors (Lipinski definition) is 2. The first-order chi connectivity index (χ1) is 6.33. The summed E-state index contributed by atoms with van der Waals surface area (Å²) in [6.07, 6.45) is 3.25. The van der Waals surface area contributed by atoms with E-state index < -0.39 is 0 Å². The molecule has 13 heavy (non-hydrogen) atoms. The van der Waals surface area contributed by atoms with Gasteiger partial charge in [0.25, 0.3) is 0 Å². The molecule has 0 unspecified atom stereocenters. The molecule has 0 bridgehead atoms. The lowest BCUT2D eigenvalue weighted by molar-refractivity contribution is 0.737. The summed E-state index contributed by atoms with van der Waals surface area (Å²) in [7, 11) is 0. The van der Waals surface area contributed by atoms with E-state index in [0.29, 0.717) is 23.2 Å². The Morgan fingerprint density at radius 2 is 2.46 bits per heavy atom. The Labute approximate surface area is 73.4 Å². The molecule has 2 aromatic heterocycles. The number of hydrogen-bond acceptors (Lipinski definition) is 4. The monoisotopic (exact) mass is 176 g/mol. The van der Waals surface area contributed by atoms with Crippen molar-refractivity contribution in [3.8, 4) is 0 Å². The molecule has 0 aromatic carbocycles. The lowest BCUT2D eigenvalue weighted by Crippen LogP contribution is -2.20. The van der Waals surface area contributed by atoms with Gasteiger partial charge in [0.2, 0.25) is 5.65 Å². The van der Waals surface area contributed by atoms with Crippen LogP contribution < -0.4 is 5.49 Å². The minimum atomic E-state index is 0.290. The standard InChI is InChI=1S/C7H8N6/c1-2-3-13-4-9-7-5(6(13)8)10-12-11-7/h2,4,8H,1,3H2,(H,10,11,12). The Morgan fingerprint density at radius 3 is 3.23 bits per heavy atom. The Morgan fingerprint density at radius 1 is 1.62 bits per heavy atom. The van der Waals surface area contributed by atoms with E-state index >= 15 is 0 Å². The van der Waals surface area contributed by atoms with Crippen LogP contribution in [0.4, 0.5) is 0 Å². The van der Waals surface area contributed by atoms with Gasteiger partial charge in [0.05, 0.1) is 6.33 Å². The van der Waals surface area contributed by atoms with Crippen molar-refractivity contribution in [2.75, 3.05) is 0 Å². The van der Waals surface area contributed by atoms with E-state index in [-0.39, 0.29) is 0 Å². The van der Waals surface area contributed by atoms with Crippen molar-refractivity contribution < 1.29 is 0 Å². The van der Waals surface area contributed by atoms with Gasteiger partial charge in [-0.1, -0.05) is 6.08 Å². The summed E-state index contributed by atoms with van der Waals surface area (Å²) in [4.78, 5) is 4.01. The van der Waals surface area contributed by atoms with Gasteiger partial charge in [0, 0.05) is 6.54 Å². The maximum Gasteiger partial charge on any atom is 0.206 e. The van der Waals surface area contributed by atoms with E-state index in [9.17, 15) is 0 Å². The second kappa shape index (κ2) is 2.81. The van der Waals surface area contributed by atoms with Gasteiger partial charge in [-0.15, -0.1) is 11.7 Å². The summed E-state index contributed by atoms with van der Waals surface area (Å²) in [6, 6.07) is 0. The van der Waals surface area contributed by atoms with E-state index in [1.54, 1.807) is 17.0 Å². The maximum atomic E-state index is 7.71. The van der Waals surface area contributed by atoms with Crippen molar-refractivity contribution in [3.05, 3.63) is 24.5 Å². The number of fused-ring (bicyclic) bond motifs is 1. The number of nitrogens with one attached hydrogen (secondary N) is 2. The summed E-state index contributed by atoms with van der Waals surface area (Å²) in [6.45, 7) is 4.14. The highest BCUT2D eigenvalue weighted by Gasteiger charge is 2.02. The zero-order chi connectivity index (χ0) is 9.26. The highest BCUT2D eigenvalue weighted by atomic mass is 15.3. The molecule has 0 fully saturated rings. The predicted molar refractivity (Wildman–Crippen MR) is 45.7 cm³/mol. The molecule has 0 aliphatic carbocycles. The van der Waals surface area contributed by atoms with E-state index in [4.69, 9.17) is 5.41 Å². The second-order valence-electron chi connectivity index (χ2n) is 2.53. The molecule has 2 N–H and O–H groups in total. The van der Waals surface area contributed by atoms with Gasteiger partial charge in [-0.2, -0.15) is 10.3 Å². The average Bonchev–Trinajstić information content (AvgIpc) is 2.58. The maximum absolute atomic E-state index is 7.71. The third-order valence-electron chi connectivity index (χ3n) is 1.69. The molecular weight excluding hydrogens is 168 g/mol. The topological polar surface area (TPSA) is 83.2 Å². The van der Waals surface area contributed by atoms with E-state index in [2.05, 4.69) is 27.0 Å². The SMILES string of the molecule is C=CCn1cnc2n[nH]nc2c1=N. The van der Waals surface area contributed by atoms with Crippen molar-refractivity contribution in [2.45, 2.75) is 6.54 Å². The van der Waals surface area contributed by atoms with Crippen LogP contribution in [0, 0.1) is 5.41 Å². The molecule has 0 aliphatic heterocycles. The summed E-state index contributed by atoms with van der Waals surface area (Å²) < 4.78 is 1.64. The summed E-state index contributed by atoms with van der Waals surface area (Å²) in [5.41, 5.74) is 1.23. The Bertz CT molecular complexity index is 493. The average molecular weight is 176 g/mol. The molecule has 0 saturated carbocycles. The number of allylic oxidation sites excluding steroid dienone is 1. The van der Waals surface area contributed by atoms with Gasteiger partial charge in [-0.05, 0) is 0 Å². The molecule has 2 heterocycles. The number of nitrogens with zero attached hydrogens (tertiary/aromatic N) is 4. The van der Waals surface area contributed by atoms with Crippen LogP contribution in [-0.2, 0) is 6.54 Å². The molecule has 0 radical (unpaired) electrons. The molecule has 6 heteroatoms. The van der Waals surface area contributed by atoms with Crippen LogP contribution in [0.1, 0.15) is 0 Å². The van der Waals surface area contributed by atoms with Crippen LogP contribution in [0.2, 0.25) is 0 Å². The van der Waals surface area contributed by atoms with E-state index in [0.717, 1.165) is 0 Å². The van der Waals surface area contributed by atoms with Crippen molar-refractivity contribution in [1.82, 2.24) is 25.0 Å². The van der Waals surface area contributed by atoms with Gasteiger partial charge >= 0.3 is 0 Å². The second-order valence-corrected chi connectivity index (χ2v) is 2.53. The first kappa shape index (κ1) is 7.66. The minimum Gasteiger partial charge on any atom is -0.312 e. The van der Waals surface area contributed by atoms with Gasteiger partial charge in [0.1, 0.15) is 0 Å². The lowest BCUT2D eigenvalue weighted by Gasteiger charge is -2.00. The van der Waals surface area contributed by atoms with Crippen molar-refractivity contribution in [1.29, 1.82) is 5.41 Å². The molecule has 66 valence electrons. The molecule has 2 aromatic rings. The number of H-pyrrole nitrogens is 1. The Hall–Kier alpha value is -1.98. The van der Waals surface area contributed by atoms with Crippen LogP contribution in [-0.4, -0.2) is 25.0 Å². The van der Waals surface area contributed by atoms with Crippen LogP contribution in [0.3, 0.4) is 0 Å². The van der Waals surface area contributed by atoms with Crippen molar-refractivity contribution in [3.63, 3.8) is 0 Å². The summed E-state index contributed by atoms with van der Waals surface area (Å²) >= 11 is 0. The molecule has 0 saturated heterocycles. The smallest absolute Gasteiger partial charge is 0.206 e. The third kappa shape index (κ3) is 1.12. The lowest BCUT2D eigenvalue weighted by atomic mass is 10.5. The highest BCUT2D eigenvalue weighted by Crippen LogP contribution is 1.95. The first-order valence-electron chi connectivity index (χ1n) is 3.74. The minimum absolute atomic E-state index is 0.290. The van der Waals surface area contributed by atoms with E-state index in [1.165, 1.54) is 0 Å². The van der Waals surface area contributed by atoms with Gasteiger partial charge < -0.3 is 4.57 Å². The van der Waals surface area contributed by atoms with Crippen LogP contribution in [0.5, 0.6) is 0 Å². The fourth-order valence-electron chi connectivity index (χ4n) is 1.07. The third-order valence-corrected chi connectivity index (χ3v) is 1.69. The van der Waals surface area contributed by atoms with Crippen LogP contribution >= 0.6 is 0 Å². The number of rotatable bonds is 2. The molecule has 0 amide bonds. The quantitative estimate of drug-likeness (QED) is 0.622.